The SMILES string of the molecule is COc1cc([C@H](Nc2ccc(C(=N)N)cc2)C(=O)N[C@@H](Cc2ccc(O)cc2)C(=O)OC(C)=O)ccc1OCc1ccccc1. The summed E-state index contributed by atoms with van der Waals surface area (Å²) in [5.41, 5.74) is 8.69. The molecule has 1 amide bonds. The summed E-state index contributed by atoms with van der Waals surface area (Å²) < 4.78 is 16.4. The summed E-state index contributed by atoms with van der Waals surface area (Å²) in [5.74, 6) is -1.58. The molecule has 0 aliphatic heterocycles. The minimum absolute atomic E-state index is 0.00620. The lowest BCUT2D eigenvalue weighted by molar-refractivity contribution is -0.160. The van der Waals surface area contributed by atoms with Gasteiger partial charge in [-0.05, 0) is 65.2 Å². The number of amides is 1. The fraction of sp³-hybridized carbons (Fsp3) is 0.176. The number of carbonyl (C=O) groups is 3. The summed E-state index contributed by atoms with van der Waals surface area (Å²) >= 11 is 0. The third kappa shape index (κ3) is 9.07. The third-order valence-electron chi connectivity index (χ3n) is 6.75. The molecule has 232 valence electrons. The molecule has 11 heteroatoms. The average molecular weight is 611 g/mol. The molecule has 0 radical (unpaired) electrons. The minimum atomic E-state index is -1.23. The van der Waals surface area contributed by atoms with Crippen LogP contribution in [0.25, 0.3) is 0 Å². The van der Waals surface area contributed by atoms with Crippen LogP contribution in [-0.4, -0.2) is 41.9 Å². The predicted molar refractivity (Wildman–Crippen MR) is 168 cm³/mol. The molecular formula is C34H34N4O7. The molecule has 0 bridgehead atoms. The van der Waals surface area contributed by atoms with E-state index in [1.807, 2.05) is 30.3 Å². The number of phenolic OH excluding ortho intramolecular Hbond substituents is 1. The number of benzene rings is 4. The van der Waals surface area contributed by atoms with E-state index in [-0.39, 0.29) is 18.0 Å². The van der Waals surface area contributed by atoms with Crippen molar-refractivity contribution in [1.82, 2.24) is 5.32 Å². The van der Waals surface area contributed by atoms with Crippen LogP contribution in [0.1, 0.15) is 35.2 Å². The Hall–Kier alpha value is -5.84. The molecular weight excluding hydrogens is 576 g/mol. The van der Waals surface area contributed by atoms with Crippen molar-refractivity contribution in [2.24, 2.45) is 5.73 Å². The number of hydrogen-bond donors (Lipinski definition) is 5. The zero-order valence-corrected chi connectivity index (χ0v) is 24.8. The predicted octanol–water partition coefficient (Wildman–Crippen LogP) is 4.23. The van der Waals surface area contributed by atoms with Gasteiger partial charge >= 0.3 is 11.9 Å². The second kappa shape index (κ2) is 15.1. The van der Waals surface area contributed by atoms with Crippen LogP contribution < -0.4 is 25.8 Å². The lowest BCUT2D eigenvalue weighted by atomic mass is 10.0. The van der Waals surface area contributed by atoms with E-state index in [0.29, 0.717) is 40.5 Å². The van der Waals surface area contributed by atoms with E-state index in [4.69, 9.17) is 25.4 Å². The molecule has 4 aromatic carbocycles. The molecule has 0 spiro atoms. The van der Waals surface area contributed by atoms with Crippen LogP contribution in [-0.2, 0) is 32.1 Å². The molecule has 4 aromatic rings. The number of aromatic hydroxyl groups is 1. The highest BCUT2D eigenvalue weighted by atomic mass is 16.6. The number of nitrogen functional groups attached to an aromatic ring is 1. The Balaban J connectivity index is 1.65. The lowest BCUT2D eigenvalue weighted by Crippen LogP contribution is -2.46. The van der Waals surface area contributed by atoms with Crippen LogP contribution in [0.15, 0.2) is 97.1 Å². The number of esters is 2. The van der Waals surface area contributed by atoms with Crippen molar-refractivity contribution in [3.8, 4) is 17.2 Å². The molecule has 4 rings (SSSR count). The third-order valence-corrected chi connectivity index (χ3v) is 6.75. The first-order chi connectivity index (χ1) is 21.6. The summed E-state index contributed by atoms with van der Waals surface area (Å²) in [6.07, 6.45) is -0.00620. The van der Waals surface area contributed by atoms with Gasteiger partial charge in [-0.3, -0.25) is 15.0 Å². The van der Waals surface area contributed by atoms with E-state index in [1.165, 1.54) is 19.2 Å². The van der Waals surface area contributed by atoms with Crippen molar-refractivity contribution in [2.45, 2.75) is 32.0 Å². The molecule has 0 aromatic heterocycles. The molecule has 0 unspecified atom stereocenters. The monoisotopic (exact) mass is 610 g/mol. The Morgan fingerprint density at radius 3 is 2.20 bits per heavy atom. The molecule has 0 saturated carbocycles. The van der Waals surface area contributed by atoms with Crippen LogP contribution in [0.3, 0.4) is 0 Å². The van der Waals surface area contributed by atoms with Gasteiger partial charge in [-0.2, -0.15) is 0 Å². The van der Waals surface area contributed by atoms with Gasteiger partial charge in [0.1, 0.15) is 30.3 Å². The van der Waals surface area contributed by atoms with Gasteiger partial charge in [0.05, 0.1) is 7.11 Å². The fourth-order valence-corrected chi connectivity index (χ4v) is 4.46. The number of methoxy groups -OCH3 is 1. The quantitative estimate of drug-likeness (QED) is 0.0642. The van der Waals surface area contributed by atoms with Gasteiger partial charge in [0.15, 0.2) is 11.5 Å². The van der Waals surface area contributed by atoms with E-state index in [9.17, 15) is 19.5 Å². The van der Waals surface area contributed by atoms with Crippen LogP contribution in [0.2, 0.25) is 0 Å². The van der Waals surface area contributed by atoms with Crippen LogP contribution >= 0.6 is 0 Å². The number of carbonyl (C=O) groups excluding carboxylic acids is 3. The van der Waals surface area contributed by atoms with Crippen molar-refractivity contribution in [1.29, 1.82) is 5.41 Å². The Labute approximate surface area is 260 Å². The Morgan fingerprint density at radius 1 is 0.889 bits per heavy atom. The topological polar surface area (TPSA) is 173 Å². The number of phenols is 1. The molecule has 2 atom stereocenters. The Morgan fingerprint density at radius 2 is 1.58 bits per heavy atom. The van der Waals surface area contributed by atoms with Crippen molar-refractivity contribution in [3.63, 3.8) is 0 Å². The van der Waals surface area contributed by atoms with Crippen molar-refractivity contribution in [3.05, 3.63) is 119 Å². The van der Waals surface area contributed by atoms with Gasteiger partial charge in [0.2, 0.25) is 5.91 Å². The van der Waals surface area contributed by atoms with E-state index < -0.39 is 29.9 Å². The number of ether oxygens (including phenoxy) is 3. The smallest absolute Gasteiger partial charge is 0.336 e. The number of nitrogens with one attached hydrogen (secondary N) is 3. The van der Waals surface area contributed by atoms with Crippen LogP contribution in [0.5, 0.6) is 17.2 Å². The zero-order chi connectivity index (χ0) is 32.3. The summed E-state index contributed by atoms with van der Waals surface area (Å²) in [4.78, 5) is 38.5. The van der Waals surface area contributed by atoms with Crippen molar-refractivity contribution < 1.29 is 33.7 Å². The van der Waals surface area contributed by atoms with E-state index in [0.717, 1.165) is 12.5 Å². The molecule has 6 N–H and O–H groups in total. The molecule has 0 aliphatic carbocycles. The van der Waals surface area contributed by atoms with Gasteiger partial charge in [-0.1, -0.05) is 48.5 Å². The fourth-order valence-electron chi connectivity index (χ4n) is 4.46. The van der Waals surface area contributed by atoms with Crippen molar-refractivity contribution >= 4 is 29.4 Å². The van der Waals surface area contributed by atoms with Gasteiger partial charge in [0, 0.05) is 24.6 Å². The normalized spacial score (nSPS) is 11.9. The van der Waals surface area contributed by atoms with Crippen LogP contribution in [0.4, 0.5) is 5.69 Å². The number of amidine groups is 1. The highest BCUT2D eigenvalue weighted by molar-refractivity contribution is 5.96. The van der Waals surface area contributed by atoms with E-state index >= 15 is 0 Å². The second-order valence-electron chi connectivity index (χ2n) is 10.1. The highest BCUT2D eigenvalue weighted by Gasteiger charge is 2.29. The number of hydrogen-bond acceptors (Lipinski definition) is 9. The first-order valence-corrected chi connectivity index (χ1v) is 14.0. The highest BCUT2D eigenvalue weighted by Crippen LogP contribution is 2.32. The van der Waals surface area contributed by atoms with Crippen molar-refractivity contribution in [2.75, 3.05) is 12.4 Å². The maximum atomic E-state index is 13.9. The second-order valence-corrected chi connectivity index (χ2v) is 10.1. The summed E-state index contributed by atoms with van der Waals surface area (Å²) in [6, 6.07) is 25.1. The zero-order valence-electron chi connectivity index (χ0n) is 24.8. The van der Waals surface area contributed by atoms with Gasteiger partial charge in [-0.15, -0.1) is 0 Å². The molecule has 0 aliphatic rings. The van der Waals surface area contributed by atoms with E-state index in [2.05, 4.69) is 10.6 Å². The maximum absolute atomic E-state index is 13.9. The number of rotatable bonds is 13. The summed E-state index contributed by atoms with van der Waals surface area (Å²) in [6.45, 7) is 1.40. The number of nitrogens with two attached hydrogens (primary N) is 1. The molecule has 0 heterocycles. The standard InChI is InChI=1S/C34H34N4O7/c1-21(39)45-34(42)28(18-22-8-15-27(40)16-9-22)38-33(41)31(37-26-13-10-24(11-14-26)32(35)36)25-12-17-29(30(19-25)43-2)44-20-23-6-4-3-5-7-23/h3-17,19,28,31,37,40H,18,20H2,1-2H3,(H3,35,36)(H,38,41)/t28-,31-/m0/s1. The summed E-state index contributed by atoms with van der Waals surface area (Å²) in [5, 5.41) is 23.2. The van der Waals surface area contributed by atoms with Gasteiger partial charge < -0.3 is 35.7 Å². The van der Waals surface area contributed by atoms with Gasteiger partial charge in [0.25, 0.3) is 0 Å². The summed E-state index contributed by atoms with van der Waals surface area (Å²) in [7, 11) is 1.49. The Bertz CT molecular complexity index is 1640. The average Bonchev–Trinajstić information content (AvgIpc) is 3.03. The van der Waals surface area contributed by atoms with Gasteiger partial charge in [-0.25, -0.2) is 4.79 Å². The molecule has 11 nitrogen and oxygen atoms in total. The first-order valence-electron chi connectivity index (χ1n) is 14.0. The number of anilines is 1. The first kappa shape index (κ1) is 32.1. The molecule has 0 saturated heterocycles. The lowest BCUT2D eigenvalue weighted by Gasteiger charge is -2.24. The maximum Gasteiger partial charge on any atom is 0.336 e. The molecule has 0 fully saturated rings. The van der Waals surface area contributed by atoms with Crippen LogP contribution in [0, 0.1) is 5.41 Å². The minimum Gasteiger partial charge on any atom is -0.508 e. The Kier molecular flexibility index (Phi) is 10.7. The van der Waals surface area contributed by atoms with E-state index in [1.54, 1.807) is 54.6 Å². The molecule has 45 heavy (non-hydrogen) atoms. The largest absolute Gasteiger partial charge is 0.508 e.